The van der Waals surface area contributed by atoms with Crippen LogP contribution >= 0.6 is 11.6 Å². The molecule has 0 atom stereocenters. The van der Waals surface area contributed by atoms with Crippen LogP contribution in [0.4, 0.5) is 4.39 Å². The van der Waals surface area contributed by atoms with Gasteiger partial charge in [-0.05, 0) is 48.4 Å². The quantitative estimate of drug-likeness (QED) is 0.481. The van der Waals surface area contributed by atoms with Gasteiger partial charge in [0.2, 0.25) is 0 Å². The number of imidazole rings is 1. The van der Waals surface area contributed by atoms with Gasteiger partial charge in [0.05, 0.1) is 6.20 Å². The van der Waals surface area contributed by atoms with Crippen molar-refractivity contribution in [1.82, 2.24) is 24.9 Å². The van der Waals surface area contributed by atoms with Gasteiger partial charge in [0.15, 0.2) is 0 Å². The average Bonchev–Trinajstić information content (AvgIpc) is 3.34. The molecule has 3 aliphatic rings. The highest BCUT2D eigenvalue weighted by molar-refractivity contribution is 6.32. The first-order chi connectivity index (χ1) is 14.9. The Kier molecular flexibility index (Phi) is 3.69. The summed E-state index contributed by atoms with van der Waals surface area (Å²) in [6.45, 7) is 2.25. The minimum Gasteiger partial charge on any atom is -0.347 e. The van der Waals surface area contributed by atoms with Crippen molar-refractivity contribution in [1.29, 1.82) is 0 Å². The van der Waals surface area contributed by atoms with E-state index in [-0.39, 0.29) is 16.6 Å². The number of aromatic nitrogens is 4. The summed E-state index contributed by atoms with van der Waals surface area (Å²) >= 11 is 6.60. The van der Waals surface area contributed by atoms with E-state index in [0.717, 1.165) is 24.8 Å². The molecule has 0 radical (unpaired) electrons. The van der Waals surface area contributed by atoms with Gasteiger partial charge in [-0.1, -0.05) is 30.7 Å². The summed E-state index contributed by atoms with van der Waals surface area (Å²) < 4.78 is 16.6. The zero-order valence-corrected chi connectivity index (χ0v) is 17.5. The molecule has 1 aromatic carbocycles. The summed E-state index contributed by atoms with van der Waals surface area (Å²) in [4.78, 5) is 17.4. The first kappa shape index (κ1) is 18.6. The Morgan fingerprint density at radius 3 is 2.81 bits per heavy atom. The van der Waals surface area contributed by atoms with Crippen molar-refractivity contribution in [3.8, 4) is 22.4 Å². The molecule has 8 heteroatoms. The molecule has 2 bridgehead atoms. The summed E-state index contributed by atoms with van der Waals surface area (Å²) in [5, 5.41) is 10.2. The van der Waals surface area contributed by atoms with Crippen molar-refractivity contribution in [2.75, 3.05) is 0 Å². The van der Waals surface area contributed by atoms with Crippen LogP contribution in [0.5, 0.6) is 0 Å². The maximum absolute atomic E-state index is 14.9. The number of H-pyrrole nitrogens is 1. The van der Waals surface area contributed by atoms with Crippen LogP contribution in [0.3, 0.4) is 0 Å². The van der Waals surface area contributed by atoms with E-state index in [9.17, 15) is 9.18 Å². The second kappa shape index (κ2) is 6.17. The summed E-state index contributed by atoms with van der Waals surface area (Å²) in [5.41, 5.74) is 3.35. The Morgan fingerprint density at radius 1 is 1.29 bits per heavy atom. The molecule has 0 saturated heterocycles. The van der Waals surface area contributed by atoms with Crippen LogP contribution in [0.1, 0.15) is 36.5 Å². The minimum atomic E-state index is -0.431. The predicted octanol–water partition coefficient (Wildman–Crippen LogP) is 4.86. The maximum Gasteiger partial charge on any atom is 0.251 e. The van der Waals surface area contributed by atoms with Gasteiger partial charge in [-0.25, -0.2) is 9.37 Å². The van der Waals surface area contributed by atoms with E-state index in [1.54, 1.807) is 47.3 Å². The van der Waals surface area contributed by atoms with E-state index < -0.39 is 5.82 Å². The number of fused-ring (bicyclic) bond motifs is 1. The summed E-state index contributed by atoms with van der Waals surface area (Å²) in [6, 6.07) is 8.22. The number of pyridine rings is 1. The van der Waals surface area contributed by atoms with E-state index >= 15 is 0 Å². The van der Waals surface area contributed by atoms with Crippen LogP contribution in [0, 0.1) is 11.2 Å². The zero-order chi connectivity index (χ0) is 21.4. The summed E-state index contributed by atoms with van der Waals surface area (Å²) in [6.07, 6.45) is 8.13. The van der Waals surface area contributed by atoms with Crippen LogP contribution in [0.2, 0.25) is 5.15 Å². The predicted molar refractivity (Wildman–Crippen MR) is 115 cm³/mol. The number of nitrogens with zero attached hydrogens (tertiary/aromatic N) is 3. The number of carbonyl (C=O) groups excluding carboxylic acids is 1. The lowest BCUT2D eigenvalue weighted by Crippen LogP contribution is -2.73. The molecule has 3 saturated carbocycles. The highest BCUT2D eigenvalue weighted by Gasteiger charge is 2.65. The van der Waals surface area contributed by atoms with Gasteiger partial charge >= 0.3 is 0 Å². The Bertz CT molecular complexity index is 1340. The Morgan fingerprint density at radius 2 is 2.10 bits per heavy atom. The molecule has 1 amide bonds. The second-order valence-electron chi connectivity index (χ2n) is 9.12. The van der Waals surface area contributed by atoms with Crippen molar-refractivity contribution >= 4 is 23.2 Å². The smallest absolute Gasteiger partial charge is 0.251 e. The average molecular weight is 436 g/mol. The van der Waals surface area contributed by atoms with Gasteiger partial charge in [-0.2, -0.15) is 5.10 Å². The van der Waals surface area contributed by atoms with Crippen molar-refractivity contribution in [3.63, 3.8) is 0 Å². The van der Waals surface area contributed by atoms with E-state index in [1.165, 1.54) is 6.07 Å². The van der Waals surface area contributed by atoms with Gasteiger partial charge in [0.1, 0.15) is 22.3 Å². The number of benzene rings is 1. The van der Waals surface area contributed by atoms with E-state index in [1.807, 2.05) is 0 Å². The number of carbonyl (C=O) groups is 1. The van der Waals surface area contributed by atoms with Crippen LogP contribution in [-0.2, 0) is 0 Å². The Hall–Kier alpha value is -3.19. The Labute approximate surface area is 182 Å². The van der Waals surface area contributed by atoms with Crippen LogP contribution in [0.15, 0.2) is 48.9 Å². The number of rotatable bonds is 4. The fourth-order valence-electron chi connectivity index (χ4n) is 5.46. The zero-order valence-electron chi connectivity index (χ0n) is 16.7. The number of hydrogen-bond acceptors (Lipinski definition) is 3. The number of halogens is 2. The third-order valence-corrected chi connectivity index (χ3v) is 6.92. The van der Waals surface area contributed by atoms with E-state index in [0.29, 0.717) is 33.4 Å². The molecule has 6 nitrogen and oxygen atoms in total. The van der Waals surface area contributed by atoms with Crippen molar-refractivity contribution < 1.29 is 9.18 Å². The fourth-order valence-corrected chi connectivity index (χ4v) is 5.74. The van der Waals surface area contributed by atoms with E-state index in [2.05, 4.69) is 27.4 Å². The van der Waals surface area contributed by atoms with Crippen molar-refractivity contribution in [2.45, 2.75) is 31.7 Å². The van der Waals surface area contributed by atoms with Crippen LogP contribution < -0.4 is 5.32 Å². The largest absolute Gasteiger partial charge is 0.347 e. The monoisotopic (exact) mass is 435 g/mol. The normalized spacial score (nSPS) is 24.0. The SMILES string of the molecule is CC12CC(NC(=O)c3ccn4c(Cl)c(-c5c(F)cccc5-c5cn[nH]c5)nc4c3)(C1)C2. The molecule has 0 spiro atoms. The first-order valence-electron chi connectivity index (χ1n) is 10.1. The molecule has 3 aromatic heterocycles. The lowest BCUT2D eigenvalue weighted by molar-refractivity contribution is -0.132. The minimum absolute atomic E-state index is 0.0388. The van der Waals surface area contributed by atoms with Gasteiger partial charge in [-0.15, -0.1) is 0 Å². The number of hydrogen-bond donors (Lipinski definition) is 2. The second-order valence-corrected chi connectivity index (χ2v) is 9.48. The van der Waals surface area contributed by atoms with Crippen molar-refractivity contribution in [2.24, 2.45) is 5.41 Å². The van der Waals surface area contributed by atoms with Crippen molar-refractivity contribution in [3.05, 3.63) is 65.5 Å². The molecule has 4 aromatic rings. The number of aromatic amines is 1. The van der Waals surface area contributed by atoms with Gasteiger partial charge in [0, 0.05) is 34.6 Å². The van der Waals surface area contributed by atoms with Crippen LogP contribution in [-0.4, -0.2) is 31.0 Å². The molecular formula is C23H19ClFN5O. The van der Waals surface area contributed by atoms with Crippen LogP contribution in [0.25, 0.3) is 28.0 Å². The van der Waals surface area contributed by atoms with Gasteiger partial charge in [0.25, 0.3) is 5.91 Å². The highest BCUT2D eigenvalue weighted by atomic mass is 35.5. The maximum atomic E-state index is 14.9. The fraction of sp³-hybridized carbons (Fsp3) is 0.261. The molecule has 0 aliphatic heterocycles. The molecular weight excluding hydrogens is 417 g/mol. The summed E-state index contributed by atoms with van der Waals surface area (Å²) in [5.74, 6) is -0.547. The first-order valence-corrected chi connectivity index (χ1v) is 10.5. The molecule has 0 unspecified atom stereocenters. The third-order valence-electron chi connectivity index (χ3n) is 6.56. The highest BCUT2D eigenvalue weighted by Crippen LogP contribution is 2.66. The molecule has 7 rings (SSSR count). The summed E-state index contributed by atoms with van der Waals surface area (Å²) in [7, 11) is 0. The molecule has 31 heavy (non-hydrogen) atoms. The molecule has 3 aliphatic carbocycles. The topological polar surface area (TPSA) is 75.1 Å². The van der Waals surface area contributed by atoms with Gasteiger partial charge < -0.3 is 5.32 Å². The molecule has 2 N–H and O–H groups in total. The lowest BCUT2D eigenvalue weighted by Gasteiger charge is -2.69. The van der Waals surface area contributed by atoms with Gasteiger partial charge in [-0.3, -0.25) is 14.3 Å². The molecule has 156 valence electrons. The molecule has 3 fully saturated rings. The number of nitrogens with one attached hydrogen (secondary N) is 2. The molecule has 3 heterocycles. The third kappa shape index (κ3) is 2.73. The van der Waals surface area contributed by atoms with E-state index in [4.69, 9.17) is 11.6 Å². The standard InChI is InChI=1S/C23H19ClFN5O/c1-22-10-23(11-22,12-22)29-21(31)13-5-6-30-17(7-13)28-19(20(30)24)18-15(3-2-4-16(18)25)14-8-26-27-9-14/h2-9H,10-12H2,1H3,(H,26,27)(H,29,31). The Balaban J connectivity index is 1.40. The number of amides is 1. The lowest BCUT2D eigenvalue weighted by atomic mass is 9.40.